The molecular formula is C10H17N3S. The molecule has 0 aliphatic heterocycles. The van der Waals surface area contributed by atoms with E-state index < -0.39 is 0 Å². The van der Waals surface area contributed by atoms with Crippen LogP contribution in [0.4, 0.5) is 0 Å². The molecule has 14 heavy (non-hydrogen) atoms. The van der Waals surface area contributed by atoms with Crippen LogP contribution in [0.5, 0.6) is 0 Å². The fourth-order valence-corrected chi connectivity index (χ4v) is 1.53. The van der Waals surface area contributed by atoms with E-state index in [0.29, 0.717) is 0 Å². The van der Waals surface area contributed by atoms with Gasteiger partial charge in [0.2, 0.25) is 0 Å². The van der Waals surface area contributed by atoms with Crippen molar-refractivity contribution in [3.05, 3.63) is 24.3 Å². The van der Waals surface area contributed by atoms with Gasteiger partial charge < -0.3 is 0 Å². The topological polar surface area (TPSA) is 37.8 Å². The molecule has 0 aliphatic rings. The van der Waals surface area contributed by atoms with Crippen LogP contribution in [-0.2, 0) is 0 Å². The molecule has 1 aromatic heterocycles. The average molecular weight is 211 g/mol. The van der Waals surface area contributed by atoms with E-state index in [1.165, 1.54) is 0 Å². The lowest BCUT2D eigenvalue weighted by Gasteiger charge is -2.21. The van der Waals surface area contributed by atoms with Crippen LogP contribution in [0.25, 0.3) is 0 Å². The second-order valence-corrected chi connectivity index (χ2v) is 5.89. The zero-order chi connectivity index (χ0) is 10.6. The highest BCUT2D eigenvalue weighted by Crippen LogP contribution is 2.23. The fourth-order valence-electron chi connectivity index (χ4n) is 0.867. The molecule has 0 spiro atoms. The van der Waals surface area contributed by atoms with E-state index in [2.05, 4.69) is 42.4 Å². The number of nitrogens with zero attached hydrogens (tertiary/aromatic N) is 2. The Morgan fingerprint density at radius 1 is 1.29 bits per heavy atom. The Balaban J connectivity index is 2.48. The zero-order valence-electron chi connectivity index (χ0n) is 9.11. The molecule has 78 valence electrons. The van der Waals surface area contributed by atoms with E-state index >= 15 is 0 Å². The molecule has 1 aromatic rings. The van der Waals surface area contributed by atoms with Gasteiger partial charge in [0.1, 0.15) is 6.33 Å². The summed E-state index contributed by atoms with van der Waals surface area (Å²) in [4.78, 5) is 7.98. The zero-order valence-corrected chi connectivity index (χ0v) is 9.93. The van der Waals surface area contributed by atoms with Gasteiger partial charge in [-0.2, -0.15) is 0 Å². The summed E-state index contributed by atoms with van der Waals surface area (Å²) in [5.41, 5.74) is 1.12. The minimum Gasteiger partial charge on any atom is -0.256 e. The molecule has 0 bridgehead atoms. The predicted molar refractivity (Wildman–Crippen MR) is 60.9 cm³/mol. The second-order valence-electron chi connectivity index (χ2n) is 4.23. The Morgan fingerprint density at radius 2 is 1.86 bits per heavy atom. The maximum Gasteiger partial charge on any atom is 0.115 e. The lowest BCUT2D eigenvalue weighted by atomic mass is 10.2. The van der Waals surface area contributed by atoms with Crippen molar-refractivity contribution in [3.8, 4) is 0 Å². The van der Waals surface area contributed by atoms with E-state index in [4.69, 9.17) is 0 Å². The Hall–Kier alpha value is -0.610. The van der Waals surface area contributed by atoms with Gasteiger partial charge in [-0.1, -0.05) is 11.9 Å². The van der Waals surface area contributed by atoms with Gasteiger partial charge in [-0.25, -0.2) is 9.97 Å². The van der Waals surface area contributed by atoms with Crippen molar-refractivity contribution in [2.45, 2.75) is 38.5 Å². The van der Waals surface area contributed by atoms with Crippen molar-refractivity contribution in [1.82, 2.24) is 14.7 Å². The predicted octanol–water partition coefficient (Wildman–Crippen LogP) is 2.57. The molecule has 0 radical (unpaired) electrons. The Morgan fingerprint density at radius 3 is 2.36 bits per heavy atom. The minimum atomic E-state index is 0.226. The third-order valence-corrected chi connectivity index (χ3v) is 2.71. The molecule has 4 heteroatoms. The smallest absolute Gasteiger partial charge is 0.115 e. The monoisotopic (exact) mass is 211 g/mol. The second kappa shape index (κ2) is 4.75. The highest BCUT2D eigenvalue weighted by Gasteiger charge is 2.13. The molecular weight excluding hydrogens is 194 g/mol. The van der Waals surface area contributed by atoms with Crippen LogP contribution in [0, 0.1) is 0 Å². The highest BCUT2D eigenvalue weighted by molar-refractivity contribution is 7.98. The third kappa shape index (κ3) is 4.07. The van der Waals surface area contributed by atoms with Crippen molar-refractivity contribution in [1.29, 1.82) is 0 Å². The van der Waals surface area contributed by atoms with Gasteiger partial charge in [0, 0.05) is 28.7 Å². The summed E-state index contributed by atoms with van der Waals surface area (Å²) in [7, 11) is 0. The maximum atomic E-state index is 3.99. The van der Waals surface area contributed by atoms with Crippen molar-refractivity contribution in [3.63, 3.8) is 0 Å². The first-order valence-corrected chi connectivity index (χ1v) is 5.49. The van der Waals surface area contributed by atoms with Crippen LogP contribution in [0.1, 0.15) is 39.3 Å². The summed E-state index contributed by atoms with van der Waals surface area (Å²) >= 11 is 1.73. The van der Waals surface area contributed by atoms with Crippen molar-refractivity contribution >= 4 is 11.9 Å². The summed E-state index contributed by atoms with van der Waals surface area (Å²) in [6.07, 6.45) is 5.23. The molecule has 1 rings (SSSR count). The van der Waals surface area contributed by atoms with E-state index in [0.717, 1.165) is 5.56 Å². The first-order chi connectivity index (χ1) is 6.49. The first kappa shape index (κ1) is 11.5. The molecule has 1 atom stereocenters. The van der Waals surface area contributed by atoms with Gasteiger partial charge in [-0.05, 0) is 27.7 Å². The van der Waals surface area contributed by atoms with Gasteiger partial charge in [-0.3, -0.25) is 4.72 Å². The highest BCUT2D eigenvalue weighted by atomic mass is 32.2. The van der Waals surface area contributed by atoms with E-state index in [1.807, 2.05) is 12.4 Å². The van der Waals surface area contributed by atoms with Crippen LogP contribution in [0.15, 0.2) is 18.7 Å². The quantitative estimate of drug-likeness (QED) is 0.780. The van der Waals surface area contributed by atoms with Crippen molar-refractivity contribution in [2.75, 3.05) is 0 Å². The van der Waals surface area contributed by atoms with Gasteiger partial charge in [0.05, 0.1) is 0 Å². The Labute approximate surface area is 89.9 Å². The molecule has 1 heterocycles. The van der Waals surface area contributed by atoms with Crippen LogP contribution in [0.2, 0.25) is 0 Å². The minimum absolute atomic E-state index is 0.226. The molecule has 0 fully saturated rings. The molecule has 0 amide bonds. The molecule has 1 N–H and O–H groups in total. The van der Waals surface area contributed by atoms with Crippen LogP contribution in [-0.4, -0.2) is 14.7 Å². The number of hydrogen-bond donors (Lipinski definition) is 1. The summed E-state index contributed by atoms with van der Waals surface area (Å²) < 4.78 is 3.60. The summed E-state index contributed by atoms with van der Waals surface area (Å²) in [6, 6.07) is 0.278. The summed E-state index contributed by atoms with van der Waals surface area (Å²) in [5.74, 6) is 0. The first-order valence-electron chi connectivity index (χ1n) is 4.67. The lowest BCUT2D eigenvalue weighted by molar-refractivity contribution is 0.717. The molecule has 3 nitrogen and oxygen atoms in total. The Kier molecular flexibility index (Phi) is 3.89. The van der Waals surface area contributed by atoms with Crippen LogP contribution in [0.3, 0.4) is 0 Å². The van der Waals surface area contributed by atoms with Gasteiger partial charge in [0.25, 0.3) is 0 Å². The lowest BCUT2D eigenvalue weighted by Crippen LogP contribution is -2.20. The van der Waals surface area contributed by atoms with Gasteiger partial charge in [-0.15, -0.1) is 0 Å². The van der Waals surface area contributed by atoms with Gasteiger partial charge >= 0.3 is 0 Å². The molecule has 0 aromatic carbocycles. The summed E-state index contributed by atoms with van der Waals surface area (Å²) in [5, 5.41) is 0. The SMILES string of the molecule is CC(NSC(C)(C)C)c1cncnc1. The molecule has 0 aliphatic carbocycles. The summed E-state index contributed by atoms with van der Waals surface area (Å²) in [6.45, 7) is 8.65. The number of rotatable bonds is 3. The average Bonchev–Trinajstić information content (AvgIpc) is 2.14. The molecule has 1 unspecified atom stereocenters. The third-order valence-electron chi connectivity index (χ3n) is 1.62. The molecule has 0 saturated heterocycles. The van der Waals surface area contributed by atoms with Crippen molar-refractivity contribution in [2.24, 2.45) is 0 Å². The largest absolute Gasteiger partial charge is 0.256 e. The van der Waals surface area contributed by atoms with Gasteiger partial charge in [0.15, 0.2) is 0 Å². The maximum absolute atomic E-state index is 3.99. The number of hydrogen-bond acceptors (Lipinski definition) is 4. The number of aromatic nitrogens is 2. The standard InChI is InChI=1S/C10H17N3S/c1-8(13-14-10(2,3)4)9-5-11-7-12-6-9/h5-8,13H,1-4H3. The van der Waals surface area contributed by atoms with E-state index in [9.17, 15) is 0 Å². The van der Waals surface area contributed by atoms with Crippen molar-refractivity contribution < 1.29 is 0 Å². The molecule has 0 saturated carbocycles. The van der Waals surface area contributed by atoms with E-state index in [-0.39, 0.29) is 10.8 Å². The number of nitrogens with one attached hydrogen (secondary N) is 1. The van der Waals surface area contributed by atoms with E-state index in [1.54, 1.807) is 18.3 Å². The normalized spacial score (nSPS) is 14.0. The Bertz CT molecular complexity index is 268. The van der Waals surface area contributed by atoms with Crippen LogP contribution < -0.4 is 4.72 Å². The van der Waals surface area contributed by atoms with Crippen LogP contribution >= 0.6 is 11.9 Å². The fraction of sp³-hybridized carbons (Fsp3) is 0.600.